The average molecular weight is 577 g/mol. The summed E-state index contributed by atoms with van der Waals surface area (Å²) in [5, 5.41) is -0.100. The summed E-state index contributed by atoms with van der Waals surface area (Å²) < 4.78 is 18.2. The lowest BCUT2D eigenvalue weighted by atomic mass is 9.84. The summed E-state index contributed by atoms with van der Waals surface area (Å²) in [6, 6.07) is 26.7. The highest BCUT2D eigenvalue weighted by Crippen LogP contribution is 2.50. The van der Waals surface area contributed by atoms with Gasteiger partial charge in [0.1, 0.15) is 17.7 Å². The van der Waals surface area contributed by atoms with E-state index < -0.39 is 16.7 Å². The van der Waals surface area contributed by atoms with Gasteiger partial charge in [0.25, 0.3) is 5.56 Å². The molecule has 40 heavy (non-hydrogen) atoms. The number of nitrogens with one attached hydrogen (secondary N) is 1. The van der Waals surface area contributed by atoms with Gasteiger partial charge in [-0.2, -0.15) is 12.6 Å². The second kappa shape index (κ2) is 12.0. The molecule has 0 bridgehead atoms. The summed E-state index contributed by atoms with van der Waals surface area (Å²) in [6.07, 6.45) is 1.36. The van der Waals surface area contributed by atoms with Crippen molar-refractivity contribution in [3.8, 4) is 11.5 Å². The van der Waals surface area contributed by atoms with Crippen molar-refractivity contribution in [3.63, 3.8) is 0 Å². The number of hydrogen-bond acceptors (Lipinski definition) is 7. The molecule has 0 unspecified atom stereocenters. The van der Waals surface area contributed by atoms with Gasteiger partial charge < -0.3 is 14.2 Å². The summed E-state index contributed by atoms with van der Waals surface area (Å²) in [5.41, 5.74) is 2.89. The second-order valence-electron chi connectivity index (χ2n) is 9.73. The van der Waals surface area contributed by atoms with Crippen LogP contribution in [0.2, 0.25) is 0 Å². The quantitative estimate of drug-likeness (QED) is 0.211. The van der Waals surface area contributed by atoms with Gasteiger partial charge in [-0.1, -0.05) is 54.6 Å². The molecule has 3 aromatic carbocycles. The predicted molar refractivity (Wildman–Crippen MR) is 162 cm³/mol. The molecule has 0 spiro atoms. The SMILES string of the molecule is COc1ccc(C(SC[C@H]2O[C@@H](n3cc(C)c(=O)[nH]c3=O)C[C@@H]2S)(c2ccccc2)c2ccc(OC)cc2)cc1. The molecule has 1 aromatic heterocycles. The maximum Gasteiger partial charge on any atom is 0.330 e. The number of thioether (sulfide) groups is 1. The standard InChI is InChI=1S/C31H32N2O5S2/c1-20-18-33(30(35)32-29(20)34)28-17-27(39)26(38-28)19-40-31(21-7-5-4-6-8-21,22-9-13-24(36-2)14-10-22)23-11-15-25(37-3)16-12-23/h4-16,18,26-28,39H,17,19H2,1-3H3,(H,32,34,35)/t26-,27+,28-/m1/s1. The van der Waals surface area contributed by atoms with Gasteiger partial charge in [-0.25, -0.2) is 4.79 Å². The fraction of sp³-hybridized carbons (Fsp3) is 0.290. The summed E-state index contributed by atoms with van der Waals surface area (Å²) in [6.45, 7) is 1.67. The number of H-pyrrole nitrogens is 1. The Morgan fingerprint density at radius 1 is 0.925 bits per heavy atom. The van der Waals surface area contributed by atoms with Gasteiger partial charge in [0.15, 0.2) is 0 Å². The largest absolute Gasteiger partial charge is 0.497 e. The van der Waals surface area contributed by atoms with Crippen LogP contribution in [0.15, 0.2) is 94.6 Å². The van der Waals surface area contributed by atoms with Gasteiger partial charge in [-0.15, -0.1) is 11.8 Å². The smallest absolute Gasteiger partial charge is 0.330 e. The molecule has 1 fully saturated rings. The molecule has 5 rings (SSSR count). The summed E-state index contributed by atoms with van der Waals surface area (Å²) in [7, 11) is 3.32. The lowest BCUT2D eigenvalue weighted by molar-refractivity contribution is 0.0105. The van der Waals surface area contributed by atoms with Crippen molar-refractivity contribution in [2.24, 2.45) is 0 Å². The first-order chi connectivity index (χ1) is 19.3. The number of rotatable bonds is 9. The van der Waals surface area contributed by atoms with Crippen LogP contribution in [0.4, 0.5) is 0 Å². The molecular weight excluding hydrogens is 544 g/mol. The third-order valence-corrected chi connectivity index (χ3v) is 9.48. The average Bonchev–Trinajstić information content (AvgIpc) is 3.36. The van der Waals surface area contributed by atoms with Crippen molar-refractivity contribution in [1.29, 1.82) is 0 Å². The number of hydrogen-bond donors (Lipinski definition) is 2. The van der Waals surface area contributed by atoms with Gasteiger partial charge in [0.05, 0.1) is 25.1 Å². The van der Waals surface area contributed by atoms with E-state index in [0.29, 0.717) is 17.7 Å². The Hall–Kier alpha value is -3.40. The minimum atomic E-state index is -0.583. The lowest BCUT2D eigenvalue weighted by Crippen LogP contribution is -2.33. The van der Waals surface area contributed by atoms with Gasteiger partial charge >= 0.3 is 5.69 Å². The third-order valence-electron chi connectivity index (χ3n) is 7.30. The van der Waals surface area contributed by atoms with Crippen LogP contribution in [0.5, 0.6) is 11.5 Å². The monoisotopic (exact) mass is 576 g/mol. The first-order valence-electron chi connectivity index (χ1n) is 13.0. The van der Waals surface area contributed by atoms with Crippen molar-refractivity contribution in [3.05, 3.63) is 128 Å². The van der Waals surface area contributed by atoms with Crippen LogP contribution < -0.4 is 20.7 Å². The molecule has 1 saturated heterocycles. The van der Waals surface area contributed by atoms with Crippen LogP contribution in [0, 0.1) is 6.92 Å². The third kappa shape index (κ3) is 5.46. The highest BCUT2D eigenvalue weighted by Gasteiger charge is 2.41. The number of nitrogens with zero attached hydrogens (tertiary/aromatic N) is 1. The highest BCUT2D eigenvalue weighted by atomic mass is 32.2. The fourth-order valence-electron chi connectivity index (χ4n) is 5.12. The Bertz CT molecular complexity index is 1500. The molecule has 1 aliphatic rings. The zero-order chi connectivity index (χ0) is 28.3. The Morgan fingerprint density at radius 2 is 1.48 bits per heavy atom. The Balaban J connectivity index is 1.54. The summed E-state index contributed by atoms with van der Waals surface area (Å²) >= 11 is 6.63. The van der Waals surface area contributed by atoms with Crippen molar-refractivity contribution < 1.29 is 14.2 Å². The fourth-order valence-corrected chi connectivity index (χ4v) is 7.25. The molecule has 4 aromatic rings. The van der Waals surface area contributed by atoms with E-state index >= 15 is 0 Å². The van der Waals surface area contributed by atoms with Crippen molar-refractivity contribution in [1.82, 2.24) is 9.55 Å². The van der Waals surface area contributed by atoms with E-state index in [2.05, 4.69) is 41.4 Å². The number of benzene rings is 3. The Kier molecular flexibility index (Phi) is 8.44. The number of ether oxygens (including phenoxy) is 3. The molecule has 2 heterocycles. The van der Waals surface area contributed by atoms with E-state index in [-0.39, 0.29) is 16.9 Å². The van der Waals surface area contributed by atoms with E-state index in [4.69, 9.17) is 26.8 Å². The maximum absolute atomic E-state index is 12.5. The number of aromatic amines is 1. The molecule has 1 N–H and O–H groups in total. The van der Waals surface area contributed by atoms with Crippen molar-refractivity contribution in [2.45, 2.75) is 35.7 Å². The maximum atomic E-state index is 12.5. The van der Waals surface area contributed by atoms with E-state index in [9.17, 15) is 9.59 Å². The van der Waals surface area contributed by atoms with Gasteiger partial charge in [0, 0.05) is 29.2 Å². The molecule has 9 heteroatoms. The zero-order valence-electron chi connectivity index (χ0n) is 22.6. The molecule has 3 atom stereocenters. The van der Waals surface area contributed by atoms with Crippen LogP contribution in [0.1, 0.15) is 34.9 Å². The van der Waals surface area contributed by atoms with E-state index in [1.165, 1.54) is 4.57 Å². The summed E-state index contributed by atoms with van der Waals surface area (Å²) in [4.78, 5) is 26.8. The highest BCUT2D eigenvalue weighted by molar-refractivity contribution is 8.00. The molecular formula is C31H32N2O5S2. The van der Waals surface area contributed by atoms with E-state index in [0.717, 1.165) is 28.2 Å². The second-order valence-corrected chi connectivity index (χ2v) is 11.6. The number of thiol groups is 1. The lowest BCUT2D eigenvalue weighted by Gasteiger charge is -2.36. The van der Waals surface area contributed by atoms with Crippen molar-refractivity contribution >= 4 is 24.4 Å². The molecule has 0 aliphatic carbocycles. The zero-order valence-corrected chi connectivity index (χ0v) is 24.3. The molecule has 0 amide bonds. The summed E-state index contributed by atoms with van der Waals surface area (Å²) in [5.74, 6) is 2.17. The van der Waals surface area contributed by atoms with Gasteiger partial charge in [-0.05, 0) is 47.9 Å². The normalized spacial score (nSPS) is 18.9. The minimum absolute atomic E-state index is 0.100. The number of methoxy groups -OCH3 is 2. The topological polar surface area (TPSA) is 82.5 Å². The van der Waals surface area contributed by atoms with Crippen LogP contribution in [-0.4, -0.2) is 40.9 Å². The molecule has 0 saturated carbocycles. The predicted octanol–water partition coefficient (Wildman–Crippen LogP) is 5.17. The van der Waals surface area contributed by atoms with Crippen LogP contribution in [0.3, 0.4) is 0 Å². The molecule has 208 valence electrons. The van der Waals surface area contributed by atoms with Gasteiger partial charge in [-0.3, -0.25) is 14.3 Å². The minimum Gasteiger partial charge on any atom is -0.497 e. The number of aromatic nitrogens is 2. The van der Waals surface area contributed by atoms with Crippen LogP contribution in [-0.2, 0) is 9.48 Å². The van der Waals surface area contributed by atoms with E-state index in [1.807, 2.05) is 42.5 Å². The Morgan fingerprint density at radius 3 is 2.02 bits per heavy atom. The van der Waals surface area contributed by atoms with Crippen molar-refractivity contribution in [2.75, 3.05) is 20.0 Å². The van der Waals surface area contributed by atoms with E-state index in [1.54, 1.807) is 39.1 Å². The Labute approximate surface area is 242 Å². The molecule has 1 aliphatic heterocycles. The first-order valence-corrected chi connectivity index (χ1v) is 14.5. The molecule has 0 radical (unpaired) electrons. The van der Waals surface area contributed by atoms with Gasteiger partial charge in [0.2, 0.25) is 0 Å². The number of aryl methyl sites for hydroxylation is 1. The first kappa shape index (κ1) is 28.1. The van der Waals surface area contributed by atoms with Crippen LogP contribution >= 0.6 is 24.4 Å². The molecule has 7 nitrogen and oxygen atoms in total. The van der Waals surface area contributed by atoms with Crippen LogP contribution in [0.25, 0.3) is 0 Å².